The van der Waals surface area contributed by atoms with Gasteiger partial charge in [0.15, 0.2) is 12.6 Å². The summed E-state index contributed by atoms with van der Waals surface area (Å²) in [5, 5.41) is 72.1. The minimum Gasteiger partial charge on any atom is -0.457 e. The van der Waals surface area contributed by atoms with Gasteiger partial charge in [0, 0.05) is 13.0 Å². The zero-order chi connectivity index (χ0) is 50.2. The van der Waals surface area contributed by atoms with Crippen LogP contribution in [0.5, 0.6) is 0 Å². The van der Waals surface area contributed by atoms with E-state index >= 15 is 0 Å². The largest absolute Gasteiger partial charge is 0.457 e. The summed E-state index contributed by atoms with van der Waals surface area (Å²) in [6.07, 6.45) is 36.4. The molecule has 69 heavy (non-hydrogen) atoms. The molecule has 0 amide bonds. The fourth-order valence-electron chi connectivity index (χ4n) is 7.63. The first kappa shape index (κ1) is 62.3. The second kappa shape index (κ2) is 41.8. The number of aliphatic hydroxyl groups excluding tert-OH is 7. The Bertz CT molecular complexity index is 1460. The molecule has 2 aliphatic rings. The molecule has 0 spiro atoms. The van der Waals surface area contributed by atoms with E-state index in [1.807, 2.05) is 0 Å². The number of hydrogen-bond donors (Lipinski definition) is 7. The first-order valence-corrected chi connectivity index (χ1v) is 26.2. The zero-order valence-corrected chi connectivity index (χ0v) is 42.0. The molecular formula is C55H92O14. The molecule has 2 heterocycles. The van der Waals surface area contributed by atoms with E-state index in [0.29, 0.717) is 13.0 Å². The smallest absolute Gasteiger partial charge is 0.306 e. The van der Waals surface area contributed by atoms with Gasteiger partial charge in [0.2, 0.25) is 0 Å². The van der Waals surface area contributed by atoms with Crippen LogP contribution in [0, 0.1) is 0 Å². The molecule has 11 unspecified atom stereocenters. The Hall–Kier alpha value is -2.83. The summed E-state index contributed by atoms with van der Waals surface area (Å²) in [6, 6.07) is 0. The maximum Gasteiger partial charge on any atom is 0.306 e. The minimum absolute atomic E-state index is 0.0344. The average molecular weight is 977 g/mol. The van der Waals surface area contributed by atoms with Crippen LogP contribution in [0.25, 0.3) is 0 Å². The summed E-state index contributed by atoms with van der Waals surface area (Å²) in [5.74, 6) is -0.423. The van der Waals surface area contributed by atoms with Crippen molar-refractivity contribution in [2.45, 2.75) is 223 Å². The highest BCUT2D eigenvalue weighted by Crippen LogP contribution is 2.26. The Labute approximate surface area is 414 Å². The molecule has 14 heteroatoms. The van der Waals surface area contributed by atoms with Crippen LogP contribution in [0.1, 0.15) is 155 Å². The third kappa shape index (κ3) is 29.3. The van der Waals surface area contributed by atoms with Crippen LogP contribution in [0.2, 0.25) is 0 Å². The van der Waals surface area contributed by atoms with Gasteiger partial charge in [-0.15, -0.1) is 0 Å². The Morgan fingerprint density at radius 1 is 0.493 bits per heavy atom. The highest BCUT2D eigenvalue weighted by atomic mass is 16.7. The molecule has 0 aliphatic carbocycles. The van der Waals surface area contributed by atoms with Gasteiger partial charge in [-0.05, 0) is 89.9 Å². The van der Waals surface area contributed by atoms with E-state index in [4.69, 9.17) is 28.4 Å². The van der Waals surface area contributed by atoms with Crippen LogP contribution in [0.4, 0.5) is 0 Å². The summed E-state index contributed by atoms with van der Waals surface area (Å²) < 4.78 is 34.2. The second-order valence-electron chi connectivity index (χ2n) is 18.0. The lowest BCUT2D eigenvalue weighted by Crippen LogP contribution is -2.61. The maximum atomic E-state index is 13.0. The Kier molecular flexibility index (Phi) is 37.7. The molecule has 0 bridgehead atoms. The van der Waals surface area contributed by atoms with Crippen molar-refractivity contribution in [1.82, 2.24) is 0 Å². The third-order valence-corrected chi connectivity index (χ3v) is 11.9. The predicted octanol–water partition coefficient (Wildman–Crippen LogP) is 8.07. The van der Waals surface area contributed by atoms with Crippen LogP contribution in [0.3, 0.4) is 0 Å². The predicted molar refractivity (Wildman–Crippen MR) is 270 cm³/mol. The van der Waals surface area contributed by atoms with Crippen LogP contribution >= 0.6 is 0 Å². The molecule has 0 aromatic heterocycles. The lowest BCUT2D eigenvalue weighted by atomic mass is 9.98. The van der Waals surface area contributed by atoms with Crippen LogP contribution in [-0.4, -0.2) is 142 Å². The van der Waals surface area contributed by atoms with E-state index in [2.05, 4.69) is 98.9 Å². The molecule has 14 nitrogen and oxygen atoms in total. The van der Waals surface area contributed by atoms with Gasteiger partial charge in [0.25, 0.3) is 0 Å². The topological polar surface area (TPSA) is 214 Å². The third-order valence-electron chi connectivity index (χ3n) is 11.9. The van der Waals surface area contributed by atoms with Crippen molar-refractivity contribution < 1.29 is 69.0 Å². The van der Waals surface area contributed by atoms with Crippen LogP contribution in [0.15, 0.2) is 85.1 Å². The number of hydrogen-bond acceptors (Lipinski definition) is 14. The number of ether oxygens (including phenoxy) is 6. The fourth-order valence-corrected chi connectivity index (χ4v) is 7.63. The van der Waals surface area contributed by atoms with Crippen molar-refractivity contribution in [2.24, 2.45) is 0 Å². The molecule has 0 aromatic rings. The summed E-state index contributed by atoms with van der Waals surface area (Å²) in [6.45, 7) is 3.46. The van der Waals surface area contributed by atoms with Crippen molar-refractivity contribution in [2.75, 3.05) is 33.0 Å². The van der Waals surface area contributed by atoms with E-state index in [1.54, 1.807) is 0 Å². The number of allylic oxidation sites excluding steroid dienone is 14. The standard InChI is InChI=1S/C55H92O14/c1-3-5-7-9-11-13-15-17-19-20-21-22-23-24-25-26-28-30-32-34-36-38-47(57)67-44(41-64-39-37-35-33-31-29-27-18-16-14-12-10-8-6-4-2)42-65-54-53(63)51(61)49(59)46(69-54)43-66-55-52(62)50(60)48(58)45(40-56)68-55/h5,7,11,13-14,16-17,19,21-22,24-25,28,30,44-46,48-56,58-63H,3-4,6,8-10,12,15,18,20,23,26-27,29,31-43H2,1-2H3/b7-5-,13-11-,16-14-,19-17-,22-21-,25-24-,30-28-. The van der Waals surface area contributed by atoms with Gasteiger partial charge in [-0.25, -0.2) is 0 Å². The number of rotatable bonds is 40. The molecular weight excluding hydrogens is 885 g/mol. The molecule has 396 valence electrons. The summed E-state index contributed by atoms with van der Waals surface area (Å²) in [5.41, 5.74) is 0. The molecule has 0 radical (unpaired) electrons. The van der Waals surface area contributed by atoms with Crippen molar-refractivity contribution in [3.63, 3.8) is 0 Å². The Balaban J connectivity index is 1.79. The van der Waals surface area contributed by atoms with Crippen LogP contribution in [-0.2, 0) is 33.2 Å². The van der Waals surface area contributed by atoms with Crippen molar-refractivity contribution in [1.29, 1.82) is 0 Å². The van der Waals surface area contributed by atoms with Gasteiger partial charge in [-0.3, -0.25) is 4.79 Å². The molecule has 2 rings (SSSR count). The highest BCUT2D eigenvalue weighted by Gasteiger charge is 2.47. The van der Waals surface area contributed by atoms with Gasteiger partial charge in [-0.1, -0.05) is 144 Å². The first-order chi connectivity index (χ1) is 33.6. The first-order valence-electron chi connectivity index (χ1n) is 26.2. The van der Waals surface area contributed by atoms with E-state index in [9.17, 15) is 40.5 Å². The average Bonchev–Trinajstić information content (AvgIpc) is 3.35. The maximum absolute atomic E-state index is 13.0. The Morgan fingerprint density at radius 3 is 1.49 bits per heavy atom. The molecule has 7 N–H and O–H groups in total. The molecule has 2 fully saturated rings. The number of aliphatic hydroxyl groups is 7. The number of unbranched alkanes of at least 4 members (excludes halogenated alkanes) is 12. The summed E-state index contributed by atoms with van der Waals surface area (Å²) in [4.78, 5) is 13.0. The zero-order valence-electron chi connectivity index (χ0n) is 42.0. The Morgan fingerprint density at radius 2 is 0.942 bits per heavy atom. The molecule has 0 saturated carbocycles. The molecule has 2 saturated heterocycles. The normalized spacial score (nSPS) is 26.4. The highest BCUT2D eigenvalue weighted by molar-refractivity contribution is 5.69. The van der Waals surface area contributed by atoms with E-state index in [1.165, 1.54) is 44.9 Å². The van der Waals surface area contributed by atoms with Gasteiger partial charge in [-0.2, -0.15) is 0 Å². The van der Waals surface area contributed by atoms with Gasteiger partial charge < -0.3 is 64.2 Å². The summed E-state index contributed by atoms with van der Waals surface area (Å²) in [7, 11) is 0. The van der Waals surface area contributed by atoms with Gasteiger partial charge in [0.1, 0.15) is 54.9 Å². The lowest BCUT2D eigenvalue weighted by Gasteiger charge is -2.42. The van der Waals surface area contributed by atoms with Gasteiger partial charge >= 0.3 is 5.97 Å². The van der Waals surface area contributed by atoms with Gasteiger partial charge in [0.05, 0.1) is 26.4 Å². The number of carbonyl (C=O) groups excluding carboxylic acids is 1. The van der Waals surface area contributed by atoms with Crippen LogP contribution < -0.4 is 0 Å². The molecule has 11 atom stereocenters. The lowest BCUT2D eigenvalue weighted by molar-refractivity contribution is -0.332. The summed E-state index contributed by atoms with van der Waals surface area (Å²) >= 11 is 0. The number of esters is 1. The van der Waals surface area contributed by atoms with Crippen molar-refractivity contribution in [3.8, 4) is 0 Å². The van der Waals surface area contributed by atoms with Crippen molar-refractivity contribution in [3.05, 3.63) is 85.1 Å². The quantitative estimate of drug-likeness (QED) is 0.0176. The minimum atomic E-state index is -1.72. The number of carbonyl (C=O) groups is 1. The molecule has 0 aromatic carbocycles. The van der Waals surface area contributed by atoms with E-state index in [-0.39, 0.29) is 19.6 Å². The van der Waals surface area contributed by atoms with E-state index < -0.39 is 86.7 Å². The fraction of sp³-hybridized carbons (Fsp3) is 0.727. The second-order valence-corrected chi connectivity index (χ2v) is 18.0. The van der Waals surface area contributed by atoms with E-state index in [0.717, 1.165) is 83.5 Å². The SMILES string of the molecule is CC/C=C\C/C=C\C/C=C\C/C=C\C/C=C\C/C=C\CCCCC(=O)OC(COCCCCCCCC/C=C\CCCCCC)COC1OC(COC2OC(CO)C(O)C(O)C2O)C(O)C(O)C1O. The van der Waals surface area contributed by atoms with Crippen molar-refractivity contribution >= 4 is 5.97 Å². The molecule has 2 aliphatic heterocycles. The monoisotopic (exact) mass is 977 g/mol.